The molecule has 1 heterocycles. The number of hydrazine groups is 1. The van der Waals surface area contributed by atoms with Gasteiger partial charge in [-0.05, 0) is 18.2 Å². The second-order valence-electron chi connectivity index (χ2n) is 4.42. The van der Waals surface area contributed by atoms with Gasteiger partial charge in [0.1, 0.15) is 0 Å². The maximum Gasteiger partial charge on any atom is 0.244 e. The average molecular weight is 290 g/mol. The van der Waals surface area contributed by atoms with E-state index in [1.807, 2.05) is 48.1 Å². The quantitative estimate of drug-likeness (QED) is 0.831. The number of hydrogen-bond donors (Lipinski definition) is 2. The van der Waals surface area contributed by atoms with Gasteiger partial charge in [0.2, 0.25) is 5.91 Å². The molecule has 0 fully saturated rings. The molecule has 0 atom stereocenters. The van der Waals surface area contributed by atoms with Crippen molar-refractivity contribution in [2.75, 3.05) is 0 Å². The second kappa shape index (κ2) is 6.30. The fourth-order valence-corrected chi connectivity index (χ4v) is 2.06. The van der Waals surface area contributed by atoms with E-state index in [0.717, 1.165) is 11.3 Å². The Labute approximate surface area is 123 Å². The number of halogens is 1. The first-order chi connectivity index (χ1) is 9.58. The summed E-state index contributed by atoms with van der Waals surface area (Å²) >= 11 is 6.05. The van der Waals surface area contributed by atoms with Crippen LogP contribution < -0.4 is 10.9 Å². The number of carbonyl (C=O) groups is 1. The monoisotopic (exact) mass is 289 g/mol. The maximum absolute atomic E-state index is 11.8. The van der Waals surface area contributed by atoms with E-state index in [1.165, 1.54) is 0 Å². The molecule has 1 aromatic carbocycles. The lowest BCUT2D eigenvalue weighted by Crippen LogP contribution is -2.37. The van der Waals surface area contributed by atoms with Crippen LogP contribution in [0.4, 0.5) is 0 Å². The van der Waals surface area contributed by atoms with E-state index in [4.69, 9.17) is 11.6 Å². The number of hydrogen-bond acceptors (Lipinski definition) is 2. The van der Waals surface area contributed by atoms with Crippen molar-refractivity contribution in [1.82, 2.24) is 15.4 Å². The molecule has 0 aliphatic heterocycles. The van der Waals surface area contributed by atoms with Crippen LogP contribution in [0, 0.1) is 0 Å². The minimum atomic E-state index is -0.139. The topological polar surface area (TPSA) is 46.1 Å². The van der Waals surface area contributed by atoms with E-state index in [0.29, 0.717) is 17.1 Å². The fourth-order valence-electron chi connectivity index (χ4n) is 1.81. The van der Waals surface area contributed by atoms with Crippen LogP contribution in [0.25, 0.3) is 5.70 Å². The summed E-state index contributed by atoms with van der Waals surface area (Å²) in [5.74, 6) is -0.139. The third-order valence-corrected chi connectivity index (χ3v) is 3.27. The molecule has 0 saturated carbocycles. The van der Waals surface area contributed by atoms with E-state index >= 15 is 0 Å². The smallest absolute Gasteiger partial charge is 0.244 e. The van der Waals surface area contributed by atoms with Gasteiger partial charge in [-0.3, -0.25) is 15.6 Å². The van der Waals surface area contributed by atoms with Gasteiger partial charge in [0.25, 0.3) is 0 Å². The molecule has 0 bridgehead atoms. The molecule has 5 heteroatoms. The lowest BCUT2D eigenvalue weighted by molar-refractivity contribution is -0.121. The van der Waals surface area contributed by atoms with Gasteiger partial charge in [-0.2, -0.15) is 0 Å². The summed E-state index contributed by atoms with van der Waals surface area (Å²) in [6.07, 6.45) is 2.20. The second-order valence-corrected chi connectivity index (χ2v) is 4.83. The molecule has 0 aliphatic rings. The standard InChI is InChI=1S/C15H16ClN3O/c1-11(13-7-3-4-8-14(13)16)17-18-15(20)10-12-6-5-9-19(12)2/h3-9,17H,1,10H2,2H3,(H,18,20). The van der Waals surface area contributed by atoms with Gasteiger partial charge in [-0.15, -0.1) is 0 Å². The van der Waals surface area contributed by atoms with Gasteiger partial charge in [0.05, 0.1) is 12.1 Å². The van der Waals surface area contributed by atoms with Gasteiger partial charge < -0.3 is 4.57 Å². The molecule has 104 valence electrons. The Morgan fingerprint density at radius 1 is 1.25 bits per heavy atom. The summed E-state index contributed by atoms with van der Waals surface area (Å²) in [6.45, 7) is 3.86. The zero-order valence-electron chi connectivity index (χ0n) is 11.2. The predicted octanol–water partition coefficient (Wildman–Crippen LogP) is 2.51. The van der Waals surface area contributed by atoms with Crippen LogP contribution in [0.1, 0.15) is 11.3 Å². The Morgan fingerprint density at radius 2 is 2.00 bits per heavy atom. The SMILES string of the molecule is C=C(NNC(=O)Cc1cccn1C)c1ccccc1Cl. The number of aromatic nitrogens is 1. The molecule has 0 radical (unpaired) electrons. The van der Waals surface area contributed by atoms with E-state index in [9.17, 15) is 4.79 Å². The van der Waals surface area contributed by atoms with Crippen LogP contribution in [0.15, 0.2) is 49.2 Å². The molecular formula is C15H16ClN3O. The first kappa shape index (κ1) is 14.2. The summed E-state index contributed by atoms with van der Waals surface area (Å²) in [5, 5.41) is 0.585. The highest BCUT2D eigenvalue weighted by Crippen LogP contribution is 2.19. The molecule has 0 spiro atoms. The number of carbonyl (C=O) groups excluding carboxylic acids is 1. The van der Waals surface area contributed by atoms with Crippen molar-refractivity contribution >= 4 is 23.2 Å². The molecule has 1 amide bonds. The summed E-state index contributed by atoms with van der Waals surface area (Å²) in [7, 11) is 1.90. The summed E-state index contributed by atoms with van der Waals surface area (Å²) in [5.41, 5.74) is 7.64. The Bertz CT molecular complexity index is 634. The van der Waals surface area contributed by atoms with Crippen molar-refractivity contribution in [3.63, 3.8) is 0 Å². The number of nitrogens with one attached hydrogen (secondary N) is 2. The van der Waals surface area contributed by atoms with Crippen LogP contribution in [0.3, 0.4) is 0 Å². The highest BCUT2D eigenvalue weighted by atomic mass is 35.5. The zero-order valence-corrected chi connectivity index (χ0v) is 11.9. The van der Waals surface area contributed by atoms with Gasteiger partial charge in [-0.25, -0.2) is 0 Å². The van der Waals surface area contributed by atoms with Gasteiger partial charge in [0, 0.05) is 29.5 Å². The van der Waals surface area contributed by atoms with Crippen molar-refractivity contribution < 1.29 is 4.79 Å². The van der Waals surface area contributed by atoms with Crippen molar-refractivity contribution in [3.05, 3.63) is 65.5 Å². The average Bonchev–Trinajstić information content (AvgIpc) is 2.82. The van der Waals surface area contributed by atoms with Crippen molar-refractivity contribution in [1.29, 1.82) is 0 Å². The van der Waals surface area contributed by atoms with Crippen LogP contribution in [0.5, 0.6) is 0 Å². The number of nitrogens with zero attached hydrogens (tertiary/aromatic N) is 1. The lowest BCUT2D eigenvalue weighted by atomic mass is 10.2. The number of rotatable bonds is 5. The summed E-state index contributed by atoms with van der Waals surface area (Å²) in [6, 6.07) is 11.1. The van der Waals surface area contributed by atoms with Gasteiger partial charge in [-0.1, -0.05) is 36.4 Å². The Morgan fingerprint density at radius 3 is 2.65 bits per heavy atom. The van der Waals surface area contributed by atoms with E-state index in [2.05, 4.69) is 17.4 Å². The predicted molar refractivity (Wildman–Crippen MR) is 80.9 cm³/mol. The number of amides is 1. The van der Waals surface area contributed by atoms with E-state index < -0.39 is 0 Å². The highest BCUT2D eigenvalue weighted by Gasteiger charge is 2.07. The maximum atomic E-state index is 11.8. The Kier molecular flexibility index (Phi) is 4.48. The fraction of sp³-hybridized carbons (Fsp3) is 0.133. The first-order valence-corrected chi connectivity index (χ1v) is 6.54. The Hall–Kier alpha value is -2.20. The molecule has 2 N–H and O–H groups in total. The lowest BCUT2D eigenvalue weighted by Gasteiger charge is -2.12. The minimum absolute atomic E-state index is 0.139. The molecule has 2 rings (SSSR count). The van der Waals surface area contributed by atoms with Crippen molar-refractivity contribution in [3.8, 4) is 0 Å². The van der Waals surface area contributed by atoms with Crippen LogP contribution in [-0.4, -0.2) is 10.5 Å². The van der Waals surface area contributed by atoms with Gasteiger partial charge in [0.15, 0.2) is 0 Å². The van der Waals surface area contributed by atoms with Crippen LogP contribution >= 0.6 is 11.6 Å². The molecule has 2 aromatic rings. The third kappa shape index (κ3) is 3.42. The van der Waals surface area contributed by atoms with Crippen molar-refractivity contribution in [2.45, 2.75) is 6.42 Å². The van der Waals surface area contributed by atoms with Crippen LogP contribution in [-0.2, 0) is 18.3 Å². The zero-order chi connectivity index (χ0) is 14.5. The molecule has 0 saturated heterocycles. The molecule has 4 nitrogen and oxygen atoms in total. The van der Waals surface area contributed by atoms with E-state index in [-0.39, 0.29) is 5.91 Å². The van der Waals surface area contributed by atoms with Gasteiger partial charge >= 0.3 is 0 Å². The first-order valence-electron chi connectivity index (χ1n) is 6.17. The van der Waals surface area contributed by atoms with E-state index in [1.54, 1.807) is 6.07 Å². The Balaban J connectivity index is 1.89. The largest absolute Gasteiger partial charge is 0.354 e. The van der Waals surface area contributed by atoms with Crippen molar-refractivity contribution in [2.24, 2.45) is 7.05 Å². The molecule has 20 heavy (non-hydrogen) atoms. The minimum Gasteiger partial charge on any atom is -0.354 e. The molecular weight excluding hydrogens is 274 g/mol. The number of aryl methyl sites for hydroxylation is 1. The summed E-state index contributed by atoms with van der Waals surface area (Å²) in [4.78, 5) is 11.8. The molecule has 1 aromatic heterocycles. The number of benzene rings is 1. The third-order valence-electron chi connectivity index (χ3n) is 2.94. The molecule has 0 unspecified atom stereocenters. The normalized spacial score (nSPS) is 10.1. The molecule has 0 aliphatic carbocycles. The summed E-state index contributed by atoms with van der Waals surface area (Å²) < 4.78 is 1.91. The van der Waals surface area contributed by atoms with Crippen LogP contribution in [0.2, 0.25) is 5.02 Å². The highest BCUT2D eigenvalue weighted by molar-refractivity contribution is 6.32.